The molecule has 0 fully saturated rings. The highest BCUT2D eigenvalue weighted by Gasteiger charge is 2.29. The van der Waals surface area contributed by atoms with Gasteiger partial charge in [0.2, 0.25) is 0 Å². The number of hydrogen-bond acceptors (Lipinski definition) is 2. The number of fused-ring (bicyclic) bond motifs is 12. The summed E-state index contributed by atoms with van der Waals surface area (Å²) < 4.78 is 10.3. The molecule has 1 aliphatic rings. The van der Waals surface area contributed by atoms with Crippen LogP contribution in [0.4, 0.5) is 0 Å². The van der Waals surface area contributed by atoms with Gasteiger partial charge in [0.05, 0.1) is 11.0 Å². The van der Waals surface area contributed by atoms with Gasteiger partial charge in [0.25, 0.3) is 0 Å². The van der Waals surface area contributed by atoms with Gasteiger partial charge in [0.15, 0.2) is 12.9 Å². The third-order valence-electron chi connectivity index (χ3n) is 10.1. The zero-order chi connectivity index (χ0) is 30.1. The Morgan fingerprint density at radius 1 is 0.674 bits per heavy atom. The second kappa shape index (κ2) is 8.81. The lowest BCUT2D eigenvalue weighted by Gasteiger charge is -2.25. The van der Waals surface area contributed by atoms with Crippen molar-refractivity contribution < 1.29 is 4.42 Å². The van der Waals surface area contributed by atoms with E-state index in [9.17, 15) is 0 Å². The number of nitrogens with zero attached hydrogens (tertiary/aromatic N) is 1. The molecule has 214 valence electrons. The highest BCUT2D eigenvalue weighted by molar-refractivity contribution is 7.25. The molecule has 0 saturated heterocycles. The molecule has 5 heteroatoms. The number of rotatable bonds is 2. The molecule has 5 heterocycles. The number of nitrogens with one attached hydrogen (secondary N) is 1. The predicted molar refractivity (Wildman–Crippen MR) is 197 cm³/mol. The topological polar surface area (TPSA) is 33.9 Å². The van der Waals surface area contributed by atoms with Crippen LogP contribution in [0.25, 0.3) is 92.1 Å². The van der Waals surface area contributed by atoms with Gasteiger partial charge in [-0.05, 0) is 71.0 Å². The van der Waals surface area contributed by atoms with Crippen LogP contribution in [0.1, 0.15) is 5.56 Å². The molecule has 1 aliphatic heterocycles. The van der Waals surface area contributed by atoms with E-state index in [1.165, 1.54) is 75.6 Å². The summed E-state index contributed by atoms with van der Waals surface area (Å²) in [5, 5.41) is 6.29. The summed E-state index contributed by atoms with van der Waals surface area (Å²) >= 11 is 1.90. The Morgan fingerprint density at radius 2 is 1.43 bits per heavy atom. The molecule has 1 N–H and O–H groups in total. The SMILES string of the molecule is Cc1ccccc1-c1cc(-c2cccc3c2[nH]c2c4ccccc4oc32)c2c(c1)-n1c3sc4ccccc4c3c3cccc(c31)B2. The van der Waals surface area contributed by atoms with Gasteiger partial charge in [-0.25, -0.2) is 0 Å². The van der Waals surface area contributed by atoms with Crippen LogP contribution in [0.15, 0.2) is 126 Å². The molecule has 0 atom stereocenters. The number of aromatic amines is 1. The Bertz CT molecular complexity index is 2920. The van der Waals surface area contributed by atoms with E-state index in [0.717, 1.165) is 40.3 Å². The van der Waals surface area contributed by atoms with E-state index in [1.807, 2.05) is 23.5 Å². The van der Waals surface area contributed by atoms with Crippen LogP contribution in [0.5, 0.6) is 0 Å². The van der Waals surface area contributed by atoms with Gasteiger partial charge in [-0.15, -0.1) is 11.3 Å². The number of benzene rings is 6. The Labute approximate surface area is 268 Å². The van der Waals surface area contributed by atoms with Crippen molar-refractivity contribution in [2.45, 2.75) is 6.92 Å². The lowest BCUT2D eigenvalue weighted by atomic mass is 9.59. The number of H-pyrrole nitrogens is 1. The Hall–Kier alpha value is -5.52. The number of aromatic nitrogens is 2. The van der Waals surface area contributed by atoms with Crippen molar-refractivity contribution >= 4 is 93.7 Å². The fraction of sp³-hybridized carbons (Fsp3) is 0.0244. The minimum absolute atomic E-state index is 0.876. The van der Waals surface area contributed by atoms with Crippen molar-refractivity contribution in [2.75, 3.05) is 0 Å². The van der Waals surface area contributed by atoms with Gasteiger partial charge in [0.1, 0.15) is 10.4 Å². The highest BCUT2D eigenvalue weighted by Crippen LogP contribution is 2.44. The zero-order valence-electron chi connectivity index (χ0n) is 25.0. The van der Waals surface area contributed by atoms with Gasteiger partial charge in [-0.2, -0.15) is 0 Å². The van der Waals surface area contributed by atoms with Crippen molar-refractivity contribution in [1.29, 1.82) is 0 Å². The van der Waals surface area contributed by atoms with Crippen molar-refractivity contribution in [3.63, 3.8) is 0 Å². The van der Waals surface area contributed by atoms with Gasteiger partial charge in [0, 0.05) is 48.4 Å². The van der Waals surface area contributed by atoms with Crippen LogP contribution in [-0.4, -0.2) is 16.8 Å². The van der Waals surface area contributed by atoms with Crippen molar-refractivity contribution in [3.05, 3.63) is 127 Å². The van der Waals surface area contributed by atoms with Gasteiger partial charge in [-0.1, -0.05) is 90.4 Å². The second-order valence-corrected chi connectivity index (χ2v) is 13.6. The molecule has 46 heavy (non-hydrogen) atoms. The van der Waals surface area contributed by atoms with E-state index in [1.54, 1.807) is 0 Å². The lowest BCUT2D eigenvalue weighted by molar-refractivity contribution is 0.673. The summed E-state index contributed by atoms with van der Waals surface area (Å²) in [5.41, 5.74) is 15.6. The first-order chi connectivity index (χ1) is 22.7. The van der Waals surface area contributed by atoms with Gasteiger partial charge < -0.3 is 14.0 Å². The first kappa shape index (κ1) is 24.8. The summed E-state index contributed by atoms with van der Waals surface area (Å²) in [6.45, 7) is 2.22. The zero-order valence-corrected chi connectivity index (χ0v) is 25.8. The van der Waals surface area contributed by atoms with Gasteiger partial charge >= 0.3 is 0 Å². The third-order valence-corrected chi connectivity index (χ3v) is 11.3. The van der Waals surface area contributed by atoms with Crippen LogP contribution in [0.3, 0.4) is 0 Å². The molecule has 0 bridgehead atoms. The molecular formula is C41H25BN2OS. The standard InChI is InChI=1S/C41H25BN2OS/c1-22-10-2-3-11-24(22)23-20-30(25-14-8-16-29-37(25)43-38-26-12-4-6-18-33(26)45-40(29)38)36-32(21-23)44-39-28(15-9-17-31(39)42-36)35-27-13-5-7-19-34(27)46-41(35)44/h2-21,42-43H,1H3. The minimum atomic E-state index is 0.876. The summed E-state index contributed by atoms with van der Waals surface area (Å²) in [5.74, 6) is 0. The fourth-order valence-corrected chi connectivity index (χ4v) is 9.33. The maximum absolute atomic E-state index is 6.44. The number of aryl methyl sites for hydroxylation is 1. The van der Waals surface area contributed by atoms with Crippen molar-refractivity contribution in [1.82, 2.24) is 9.55 Å². The quantitative estimate of drug-likeness (QED) is 0.196. The first-order valence-corrected chi connectivity index (χ1v) is 16.6. The lowest BCUT2D eigenvalue weighted by Crippen LogP contribution is -2.37. The van der Waals surface area contributed by atoms with E-state index in [4.69, 9.17) is 4.42 Å². The Kier molecular flexibility index (Phi) is 4.74. The van der Waals surface area contributed by atoms with E-state index >= 15 is 0 Å². The summed E-state index contributed by atoms with van der Waals surface area (Å²) in [7, 11) is 0.876. The number of para-hydroxylation sites is 3. The molecule has 0 amide bonds. The summed E-state index contributed by atoms with van der Waals surface area (Å²) in [6, 6.07) is 44.3. The van der Waals surface area contributed by atoms with Crippen LogP contribution in [0, 0.1) is 6.92 Å². The molecule has 3 nitrogen and oxygen atoms in total. The molecule has 0 radical (unpaired) electrons. The maximum Gasteiger partial charge on any atom is 0.198 e. The average Bonchev–Trinajstić information content (AvgIpc) is 3.83. The largest absolute Gasteiger partial charge is 0.454 e. The third kappa shape index (κ3) is 3.13. The summed E-state index contributed by atoms with van der Waals surface area (Å²) in [4.78, 5) is 5.15. The monoisotopic (exact) mass is 604 g/mol. The number of furan rings is 1. The van der Waals surface area contributed by atoms with Crippen LogP contribution < -0.4 is 10.9 Å². The van der Waals surface area contributed by atoms with Crippen molar-refractivity contribution in [3.8, 4) is 27.9 Å². The molecule has 4 aromatic heterocycles. The van der Waals surface area contributed by atoms with E-state index in [2.05, 4.69) is 126 Å². The van der Waals surface area contributed by atoms with E-state index in [0.29, 0.717) is 0 Å². The fourth-order valence-electron chi connectivity index (χ4n) is 8.09. The normalized spacial score (nSPS) is 12.6. The van der Waals surface area contributed by atoms with Crippen molar-refractivity contribution in [2.24, 2.45) is 0 Å². The predicted octanol–water partition coefficient (Wildman–Crippen LogP) is 9.72. The molecule has 0 spiro atoms. The van der Waals surface area contributed by atoms with Crippen LogP contribution in [0.2, 0.25) is 0 Å². The molecule has 0 aliphatic carbocycles. The Morgan fingerprint density at radius 3 is 2.37 bits per heavy atom. The molecule has 0 saturated carbocycles. The first-order valence-electron chi connectivity index (χ1n) is 15.8. The average molecular weight is 605 g/mol. The molecule has 6 aromatic carbocycles. The van der Waals surface area contributed by atoms with Gasteiger partial charge in [-0.3, -0.25) is 0 Å². The van der Waals surface area contributed by atoms with Crippen LogP contribution >= 0.6 is 11.3 Å². The number of hydrogen-bond donors (Lipinski definition) is 1. The maximum atomic E-state index is 6.44. The minimum Gasteiger partial charge on any atom is -0.454 e. The molecule has 10 aromatic rings. The second-order valence-electron chi connectivity index (χ2n) is 12.6. The molecule has 0 unspecified atom stereocenters. The molecular weight excluding hydrogens is 579 g/mol. The number of thiophene rings is 1. The molecule has 11 rings (SSSR count). The summed E-state index contributed by atoms with van der Waals surface area (Å²) in [6.07, 6.45) is 0. The highest BCUT2D eigenvalue weighted by atomic mass is 32.1. The van der Waals surface area contributed by atoms with E-state index < -0.39 is 0 Å². The smallest absolute Gasteiger partial charge is 0.198 e. The Balaban J connectivity index is 1.29. The van der Waals surface area contributed by atoms with Crippen LogP contribution in [-0.2, 0) is 0 Å². The van der Waals surface area contributed by atoms with E-state index in [-0.39, 0.29) is 0 Å².